The number of hydrogen-bond donors (Lipinski definition) is 1. The molecule has 0 radical (unpaired) electrons. The Hall–Kier alpha value is -1.30. The molecule has 2 unspecified atom stereocenters. The van der Waals surface area contributed by atoms with E-state index in [1.54, 1.807) is 11.0 Å². The van der Waals surface area contributed by atoms with Gasteiger partial charge in [-0.25, -0.2) is 0 Å². The number of nitrogens with one attached hydrogen (secondary N) is 1. The average Bonchev–Trinajstić information content (AvgIpc) is 3.15. The smallest absolute Gasteiger partial charge is 0.228 e. The van der Waals surface area contributed by atoms with Crippen molar-refractivity contribution in [2.75, 3.05) is 38.1 Å². The van der Waals surface area contributed by atoms with Crippen molar-refractivity contribution in [3.63, 3.8) is 0 Å². The topological polar surface area (TPSA) is 52.7 Å². The van der Waals surface area contributed by atoms with Crippen molar-refractivity contribution >= 4 is 41.5 Å². The van der Waals surface area contributed by atoms with E-state index in [4.69, 9.17) is 11.6 Å². The lowest BCUT2D eigenvalue weighted by atomic mass is 10.1. The van der Waals surface area contributed by atoms with Crippen LogP contribution < -0.4 is 10.2 Å². The molecule has 2 atom stereocenters. The van der Waals surface area contributed by atoms with Crippen LogP contribution in [0.4, 0.5) is 5.69 Å². The van der Waals surface area contributed by atoms with E-state index in [9.17, 15) is 9.59 Å². The minimum atomic E-state index is -0.257. The minimum absolute atomic E-state index is 0. The van der Waals surface area contributed by atoms with Gasteiger partial charge in [0.2, 0.25) is 11.8 Å². The first kappa shape index (κ1) is 19.0. The Morgan fingerprint density at radius 2 is 2.08 bits per heavy atom. The van der Waals surface area contributed by atoms with Gasteiger partial charge in [-0.2, -0.15) is 0 Å². The van der Waals surface area contributed by atoms with Crippen LogP contribution in [0.1, 0.15) is 12.8 Å². The number of hydrogen-bond acceptors (Lipinski definition) is 3. The standard InChI is InChI=1S/C17H22ClN3O2.ClH/c1-19-9-12-6-7-20(10-12)17(23)13-8-16(22)21(11-13)15-5-3-2-4-14(15)18;/h2-5,12-13,19H,6-11H2,1H3;1H. The summed E-state index contributed by atoms with van der Waals surface area (Å²) in [4.78, 5) is 28.6. The van der Waals surface area contributed by atoms with Gasteiger partial charge < -0.3 is 15.1 Å². The minimum Gasteiger partial charge on any atom is -0.342 e. The van der Waals surface area contributed by atoms with E-state index in [1.807, 2.05) is 30.1 Å². The zero-order chi connectivity index (χ0) is 16.4. The Balaban J connectivity index is 0.00000208. The molecule has 2 aliphatic rings. The number of para-hydroxylation sites is 1. The molecule has 2 saturated heterocycles. The Morgan fingerprint density at radius 3 is 2.79 bits per heavy atom. The number of likely N-dealkylation sites (tertiary alicyclic amines) is 1. The fraction of sp³-hybridized carbons (Fsp3) is 0.529. The van der Waals surface area contributed by atoms with E-state index >= 15 is 0 Å². The number of carbonyl (C=O) groups excluding carboxylic acids is 2. The predicted molar refractivity (Wildman–Crippen MR) is 97.8 cm³/mol. The molecule has 1 aromatic carbocycles. The van der Waals surface area contributed by atoms with Crippen molar-refractivity contribution in [2.45, 2.75) is 12.8 Å². The molecule has 5 nitrogen and oxygen atoms in total. The molecule has 2 fully saturated rings. The predicted octanol–water partition coefficient (Wildman–Crippen LogP) is 2.18. The highest BCUT2D eigenvalue weighted by atomic mass is 35.5. The van der Waals surface area contributed by atoms with Gasteiger partial charge in [0.15, 0.2) is 0 Å². The number of amides is 2. The first-order chi connectivity index (χ1) is 11.1. The SMILES string of the molecule is CNCC1CCN(C(=O)C2CC(=O)N(c3ccccc3Cl)C2)C1.Cl. The quantitative estimate of drug-likeness (QED) is 0.882. The number of benzene rings is 1. The van der Waals surface area contributed by atoms with E-state index in [0.717, 1.165) is 26.1 Å². The molecule has 0 saturated carbocycles. The van der Waals surface area contributed by atoms with Gasteiger partial charge in [-0.1, -0.05) is 23.7 Å². The van der Waals surface area contributed by atoms with E-state index in [0.29, 0.717) is 23.2 Å². The molecular formula is C17H23Cl2N3O2. The van der Waals surface area contributed by atoms with Crippen molar-refractivity contribution in [1.82, 2.24) is 10.2 Å². The van der Waals surface area contributed by atoms with Gasteiger partial charge >= 0.3 is 0 Å². The van der Waals surface area contributed by atoms with Gasteiger partial charge in [-0.3, -0.25) is 9.59 Å². The molecule has 1 N–H and O–H groups in total. The van der Waals surface area contributed by atoms with Gasteiger partial charge in [0, 0.05) is 26.1 Å². The van der Waals surface area contributed by atoms with Crippen LogP contribution in [-0.2, 0) is 9.59 Å². The second-order valence-corrected chi connectivity index (χ2v) is 6.76. The maximum atomic E-state index is 12.7. The summed E-state index contributed by atoms with van der Waals surface area (Å²) >= 11 is 6.18. The Kier molecular flexibility index (Phi) is 6.49. The summed E-state index contributed by atoms with van der Waals surface area (Å²) in [5.41, 5.74) is 0.698. The third-order valence-electron chi connectivity index (χ3n) is 4.71. The third-order valence-corrected chi connectivity index (χ3v) is 5.03. The third kappa shape index (κ3) is 3.85. The molecule has 0 spiro atoms. The number of rotatable bonds is 4. The van der Waals surface area contributed by atoms with Crippen LogP contribution in [0.25, 0.3) is 0 Å². The maximum Gasteiger partial charge on any atom is 0.228 e. The molecule has 0 bridgehead atoms. The summed E-state index contributed by atoms with van der Waals surface area (Å²) in [6.07, 6.45) is 1.30. The summed E-state index contributed by atoms with van der Waals surface area (Å²) in [6.45, 7) is 2.94. The fourth-order valence-corrected chi connectivity index (χ4v) is 3.76. The number of anilines is 1. The highest BCUT2D eigenvalue weighted by molar-refractivity contribution is 6.33. The molecule has 1 aromatic rings. The molecule has 7 heteroatoms. The largest absolute Gasteiger partial charge is 0.342 e. The normalized spacial score (nSPS) is 23.5. The van der Waals surface area contributed by atoms with E-state index in [-0.39, 0.29) is 36.6 Å². The second-order valence-electron chi connectivity index (χ2n) is 6.35. The van der Waals surface area contributed by atoms with Crippen molar-refractivity contribution in [2.24, 2.45) is 11.8 Å². The lowest BCUT2D eigenvalue weighted by molar-refractivity contribution is -0.134. The molecule has 3 rings (SSSR count). The van der Waals surface area contributed by atoms with Crippen LogP contribution in [0.2, 0.25) is 5.02 Å². The molecule has 132 valence electrons. The summed E-state index contributed by atoms with van der Waals surface area (Å²) in [6, 6.07) is 7.28. The molecule has 0 aromatic heterocycles. The van der Waals surface area contributed by atoms with Crippen LogP contribution in [0.3, 0.4) is 0 Å². The highest BCUT2D eigenvalue weighted by Crippen LogP contribution is 2.32. The first-order valence-corrected chi connectivity index (χ1v) is 8.46. The molecule has 0 aliphatic carbocycles. The lowest BCUT2D eigenvalue weighted by Gasteiger charge is -2.21. The number of halogens is 2. The number of carbonyl (C=O) groups is 2. The van der Waals surface area contributed by atoms with Crippen molar-refractivity contribution in [3.05, 3.63) is 29.3 Å². The van der Waals surface area contributed by atoms with Crippen LogP contribution in [0.5, 0.6) is 0 Å². The highest BCUT2D eigenvalue weighted by Gasteiger charge is 2.39. The van der Waals surface area contributed by atoms with E-state index < -0.39 is 0 Å². The summed E-state index contributed by atoms with van der Waals surface area (Å²) < 4.78 is 0. The average molecular weight is 372 g/mol. The van der Waals surface area contributed by atoms with Crippen molar-refractivity contribution in [3.8, 4) is 0 Å². The van der Waals surface area contributed by atoms with Gasteiger partial charge in [-0.05, 0) is 38.1 Å². The van der Waals surface area contributed by atoms with Crippen LogP contribution >= 0.6 is 24.0 Å². The summed E-state index contributed by atoms with van der Waals surface area (Å²) in [5.74, 6) is 0.335. The summed E-state index contributed by atoms with van der Waals surface area (Å²) in [7, 11) is 1.93. The monoisotopic (exact) mass is 371 g/mol. The van der Waals surface area contributed by atoms with Gasteiger partial charge in [0.25, 0.3) is 0 Å². The van der Waals surface area contributed by atoms with Crippen LogP contribution in [0.15, 0.2) is 24.3 Å². The van der Waals surface area contributed by atoms with Crippen molar-refractivity contribution in [1.29, 1.82) is 0 Å². The zero-order valence-electron chi connectivity index (χ0n) is 13.7. The molecule has 2 aliphatic heterocycles. The maximum absolute atomic E-state index is 12.7. The molecule has 2 amide bonds. The lowest BCUT2D eigenvalue weighted by Crippen LogP contribution is -2.36. The van der Waals surface area contributed by atoms with Crippen LogP contribution in [0, 0.1) is 11.8 Å². The van der Waals surface area contributed by atoms with Gasteiger partial charge in [0.05, 0.1) is 16.6 Å². The zero-order valence-corrected chi connectivity index (χ0v) is 15.3. The Labute approximate surface area is 153 Å². The van der Waals surface area contributed by atoms with E-state index in [1.165, 1.54) is 0 Å². The number of nitrogens with zero attached hydrogens (tertiary/aromatic N) is 2. The summed E-state index contributed by atoms with van der Waals surface area (Å²) in [5, 5.41) is 3.71. The second kappa shape index (κ2) is 8.19. The molecular weight excluding hydrogens is 349 g/mol. The Morgan fingerprint density at radius 1 is 1.33 bits per heavy atom. The van der Waals surface area contributed by atoms with E-state index in [2.05, 4.69) is 5.32 Å². The Bertz CT molecular complexity index is 611. The fourth-order valence-electron chi connectivity index (χ4n) is 3.52. The molecule has 24 heavy (non-hydrogen) atoms. The van der Waals surface area contributed by atoms with Gasteiger partial charge in [0.1, 0.15) is 0 Å². The van der Waals surface area contributed by atoms with Crippen LogP contribution in [-0.4, -0.2) is 49.9 Å². The first-order valence-electron chi connectivity index (χ1n) is 8.08. The van der Waals surface area contributed by atoms with Crippen molar-refractivity contribution < 1.29 is 9.59 Å². The molecule has 2 heterocycles. The van der Waals surface area contributed by atoms with Gasteiger partial charge in [-0.15, -0.1) is 12.4 Å².